The molecule has 0 saturated carbocycles. The average Bonchev–Trinajstić information content (AvgIpc) is 2.47. The first-order valence-electron chi connectivity index (χ1n) is 6.14. The number of fused-ring (bicyclic) bond motifs is 1. The number of pyridine rings is 2. The Labute approximate surface area is 115 Å². The van der Waals surface area contributed by atoms with E-state index < -0.39 is 0 Å². The maximum absolute atomic E-state index is 10.9. The fourth-order valence-electron chi connectivity index (χ4n) is 2.18. The van der Waals surface area contributed by atoms with Gasteiger partial charge in [0, 0.05) is 35.8 Å². The quantitative estimate of drug-likeness (QED) is 0.407. The van der Waals surface area contributed by atoms with Crippen molar-refractivity contribution in [3.05, 3.63) is 65.1 Å². The van der Waals surface area contributed by atoms with E-state index in [9.17, 15) is 10.1 Å². The lowest BCUT2D eigenvalue weighted by Gasteiger charge is -2.05. The van der Waals surface area contributed by atoms with Crippen LogP contribution < -0.4 is 4.57 Å². The molecular weight excluding hydrogens is 254 g/mol. The second kappa shape index (κ2) is 4.70. The van der Waals surface area contributed by atoms with Gasteiger partial charge in [-0.2, -0.15) is 0 Å². The molecule has 0 saturated heterocycles. The van der Waals surface area contributed by atoms with Crippen LogP contribution in [0.5, 0.6) is 0 Å². The molecule has 0 spiro atoms. The Balaban J connectivity index is 2.26. The molecule has 0 atom stereocenters. The lowest BCUT2D eigenvalue weighted by atomic mass is 10.0. The van der Waals surface area contributed by atoms with E-state index in [1.165, 1.54) is 6.07 Å². The van der Waals surface area contributed by atoms with Gasteiger partial charge in [0.15, 0.2) is 12.4 Å². The van der Waals surface area contributed by atoms with E-state index in [2.05, 4.69) is 4.98 Å². The Hall–Kier alpha value is -2.82. The molecule has 3 rings (SSSR count). The number of nitro benzene ring substituents is 1. The molecule has 5 nitrogen and oxygen atoms in total. The molecule has 2 aromatic heterocycles. The predicted molar refractivity (Wildman–Crippen MR) is 75.0 cm³/mol. The minimum absolute atomic E-state index is 0.0771. The second-order valence-corrected chi connectivity index (χ2v) is 4.57. The Kier molecular flexibility index (Phi) is 2.87. The smallest absolute Gasteiger partial charge is 0.258 e. The molecule has 0 aliphatic heterocycles. The number of benzene rings is 1. The van der Waals surface area contributed by atoms with Crippen LogP contribution in [-0.4, -0.2) is 9.91 Å². The first-order valence-corrected chi connectivity index (χ1v) is 6.14. The Morgan fingerprint density at radius 1 is 1.15 bits per heavy atom. The van der Waals surface area contributed by atoms with Gasteiger partial charge in [0.25, 0.3) is 5.69 Å². The molecule has 0 aliphatic rings. The van der Waals surface area contributed by atoms with Gasteiger partial charge in [0.1, 0.15) is 7.05 Å². The van der Waals surface area contributed by atoms with Gasteiger partial charge in [-0.25, -0.2) is 4.57 Å². The highest BCUT2D eigenvalue weighted by atomic mass is 16.6. The number of aryl methyl sites for hydroxylation is 1. The maximum atomic E-state index is 10.9. The molecular formula is C15H12N3O2+. The summed E-state index contributed by atoms with van der Waals surface area (Å²) < 4.78 is 1.94. The van der Waals surface area contributed by atoms with Gasteiger partial charge < -0.3 is 0 Å². The lowest BCUT2D eigenvalue weighted by molar-refractivity contribution is -0.671. The molecule has 0 radical (unpaired) electrons. The number of hydrogen-bond acceptors (Lipinski definition) is 3. The van der Waals surface area contributed by atoms with Crippen molar-refractivity contribution in [2.75, 3.05) is 0 Å². The van der Waals surface area contributed by atoms with Gasteiger partial charge >= 0.3 is 0 Å². The molecule has 0 aliphatic carbocycles. The monoisotopic (exact) mass is 266 g/mol. The maximum Gasteiger partial charge on any atom is 0.270 e. The van der Waals surface area contributed by atoms with Crippen LogP contribution in [-0.2, 0) is 7.05 Å². The molecule has 0 fully saturated rings. The van der Waals surface area contributed by atoms with Gasteiger partial charge in [-0.3, -0.25) is 15.1 Å². The van der Waals surface area contributed by atoms with Crippen LogP contribution in [0.25, 0.3) is 22.0 Å². The van der Waals surface area contributed by atoms with Gasteiger partial charge in [0.2, 0.25) is 0 Å². The third kappa shape index (κ3) is 2.09. The summed E-state index contributed by atoms with van der Waals surface area (Å²) in [4.78, 5) is 14.8. The zero-order valence-corrected chi connectivity index (χ0v) is 10.9. The van der Waals surface area contributed by atoms with Crippen molar-refractivity contribution in [2.45, 2.75) is 0 Å². The van der Waals surface area contributed by atoms with E-state index in [0.29, 0.717) is 0 Å². The molecule has 1 aromatic carbocycles. The van der Waals surface area contributed by atoms with Crippen molar-refractivity contribution in [1.29, 1.82) is 0 Å². The third-order valence-electron chi connectivity index (χ3n) is 3.23. The Morgan fingerprint density at radius 2 is 1.90 bits per heavy atom. The summed E-state index contributed by atoms with van der Waals surface area (Å²) >= 11 is 0. The molecule has 3 aromatic rings. The zero-order valence-electron chi connectivity index (χ0n) is 10.9. The SMILES string of the molecule is C[n+]1ccc(-c2ccnc3ccc([N+](=O)[O-])cc23)cc1. The number of rotatable bonds is 2. The van der Waals surface area contributed by atoms with Crippen LogP contribution in [0.1, 0.15) is 0 Å². The van der Waals surface area contributed by atoms with E-state index in [1.807, 2.05) is 42.2 Å². The molecule has 5 heteroatoms. The minimum Gasteiger partial charge on any atom is -0.258 e. The van der Waals surface area contributed by atoms with Crippen LogP contribution >= 0.6 is 0 Å². The summed E-state index contributed by atoms with van der Waals surface area (Å²) in [7, 11) is 1.94. The first kappa shape index (κ1) is 12.2. The number of aromatic nitrogens is 2. The largest absolute Gasteiger partial charge is 0.270 e. The minimum atomic E-state index is -0.388. The Bertz CT molecular complexity index is 798. The van der Waals surface area contributed by atoms with Gasteiger partial charge in [-0.15, -0.1) is 0 Å². The van der Waals surface area contributed by atoms with Crippen LogP contribution in [0.3, 0.4) is 0 Å². The van der Waals surface area contributed by atoms with Crippen molar-refractivity contribution >= 4 is 16.6 Å². The molecule has 98 valence electrons. The molecule has 0 N–H and O–H groups in total. The highest BCUT2D eigenvalue weighted by Gasteiger charge is 2.11. The van der Waals surface area contributed by atoms with Crippen molar-refractivity contribution in [3.8, 4) is 11.1 Å². The van der Waals surface area contributed by atoms with Crippen LogP contribution in [0.2, 0.25) is 0 Å². The zero-order chi connectivity index (χ0) is 14.1. The topological polar surface area (TPSA) is 59.9 Å². The standard InChI is InChI=1S/C15H12N3O2/c1-17-8-5-11(6-9-17)13-4-7-16-15-3-2-12(18(19)20)10-14(13)15/h2-10H,1H3/q+1. The summed E-state index contributed by atoms with van der Waals surface area (Å²) in [6.07, 6.45) is 5.61. The molecule has 0 unspecified atom stereocenters. The normalized spacial score (nSPS) is 10.7. The Morgan fingerprint density at radius 3 is 2.60 bits per heavy atom. The second-order valence-electron chi connectivity index (χ2n) is 4.57. The number of nitro groups is 1. The van der Waals surface area contributed by atoms with Crippen molar-refractivity contribution in [2.24, 2.45) is 7.05 Å². The fourth-order valence-corrected chi connectivity index (χ4v) is 2.18. The lowest BCUT2D eigenvalue weighted by Crippen LogP contribution is -2.25. The van der Waals surface area contributed by atoms with Gasteiger partial charge in [-0.1, -0.05) is 0 Å². The fraction of sp³-hybridized carbons (Fsp3) is 0.0667. The average molecular weight is 266 g/mol. The molecule has 0 bridgehead atoms. The summed E-state index contributed by atoms with van der Waals surface area (Å²) in [6.45, 7) is 0. The van der Waals surface area contributed by atoms with Crippen LogP contribution in [0, 0.1) is 10.1 Å². The first-order chi connectivity index (χ1) is 9.65. The number of non-ortho nitro benzene ring substituents is 1. The van der Waals surface area contributed by atoms with E-state index in [0.717, 1.165) is 22.0 Å². The molecule has 2 heterocycles. The summed E-state index contributed by atoms with van der Waals surface area (Å²) in [5.74, 6) is 0. The van der Waals surface area contributed by atoms with Crippen molar-refractivity contribution in [3.63, 3.8) is 0 Å². The highest BCUT2D eigenvalue weighted by Crippen LogP contribution is 2.29. The van der Waals surface area contributed by atoms with Crippen molar-refractivity contribution < 1.29 is 9.49 Å². The number of hydrogen-bond donors (Lipinski definition) is 0. The van der Waals surface area contributed by atoms with Crippen LogP contribution in [0.4, 0.5) is 5.69 Å². The van der Waals surface area contributed by atoms with E-state index in [1.54, 1.807) is 18.3 Å². The highest BCUT2D eigenvalue weighted by molar-refractivity contribution is 5.95. The van der Waals surface area contributed by atoms with E-state index >= 15 is 0 Å². The van der Waals surface area contributed by atoms with E-state index in [4.69, 9.17) is 0 Å². The molecule has 0 amide bonds. The molecule has 20 heavy (non-hydrogen) atoms. The van der Waals surface area contributed by atoms with E-state index in [-0.39, 0.29) is 10.6 Å². The summed E-state index contributed by atoms with van der Waals surface area (Å²) in [5.41, 5.74) is 2.78. The van der Waals surface area contributed by atoms with Crippen molar-refractivity contribution in [1.82, 2.24) is 4.98 Å². The predicted octanol–water partition coefficient (Wildman–Crippen LogP) is 2.63. The van der Waals surface area contributed by atoms with Gasteiger partial charge in [-0.05, 0) is 23.3 Å². The summed E-state index contributed by atoms with van der Waals surface area (Å²) in [6, 6.07) is 10.6. The number of nitrogens with zero attached hydrogens (tertiary/aromatic N) is 3. The third-order valence-corrected chi connectivity index (χ3v) is 3.23. The summed E-state index contributed by atoms with van der Waals surface area (Å²) in [5, 5.41) is 11.7. The van der Waals surface area contributed by atoms with Crippen LogP contribution in [0.15, 0.2) is 55.0 Å². The van der Waals surface area contributed by atoms with Gasteiger partial charge in [0.05, 0.1) is 10.4 Å².